The average molecular weight is 180 g/mol. The minimum atomic E-state index is -2.31. The summed E-state index contributed by atoms with van der Waals surface area (Å²) in [6, 6.07) is 0. The first-order valence-corrected chi connectivity index (χ1v) is 5.64. The summed E-state index contributed by atoms with van der Waals surface area (Å²) in [6.45, 7) is 2.92. The largest absolute Gasteiger partial charge is 0.497 e. The van der Waals surface area contributed by atoms with Gasteiger partial charge in [0.1, 0.15) is 0 Å². The molecule has 0 heterocycles. The second-order valence-electron chi connectivity index (χ2n) is 2.11. The SMILES string of the molecule is COCCO[Si](C)(OC)OC. The smallest absolute Gasteiger partial charge is 0.382 e. The fraction of sp³-hybridized carbons (Fsp3) is 1.00. The van der Waals surface area contributed by atoms with Gasteiger partial charge in [0.25, 0.3) is 0 Å². The van der Waals surface area contributed by atoms with Crippen molar-refractivity contribution < 1.29 is 18.0 Å². The molecule has 5 heteroatoms. The second-order valence-corrected chi connectivity index (χ2v) is 4.94. The van der Waals surface area contributed by atoms with E-state index in [4.69, 9.17) is 18.0 Å². The monoisotopic (exact) mass is 180 g/mol. The van der Waals surface area contributed by atoms with Gasteiger partial charge < -0.3 is 18.0 Å². The zero-order valence-electron chi connectivity index (χ0n) is 7.55. The predicted octanol–water partition coefficient (Wildman–Crippen LogP) is 0.511. The minimum absolute atomic E-state index is 0.515. The third kappa shape index (κ3) is 4.49. The van der Waals surface area contributed by atoms with Gasteiger partial charge in [-0.1, -0.05) is 0 Å². The topological polar surface area (TPSA) is 36.9 Å². The summed E-state index contributed by atoms with van der Waals surface area (Å²) in [5, 5.41) is 0. The molecule has 68 valence electrons. The Labute approximate surface area is 68.8 Å². The van der Waals surface area contributed by atoms with E-state index in [1.54, 1.807) is 21.3 Å². The van der Waals surface area contributed by atoms with Crippen LogP contribution in [0.5, 0.6) is 0 Å². The zero-order chi connectivity index (χ0) is 8.74. The van der Waals surface area contributed by atoms with Gasteiger partial charge in [-0.05, 0) is 0 Å². The van der Waals surface area contributed by atoms with E-state index < -0.39 is 8.80 Å². The number of hydrogen-bond donors (Lipinski definition) is 0. The van der Waals surface area contributed by atoms with Crippen molar-refractivity contribution in [3.63, 3.8) is 0 Å². The van der Waals surface area contributed by atoms with E-state index in [1.807, 2.05) is 6.55 Å². The van der Waals surface area contributed by atoms with Gasteiger partial charge in [0, 0.05) is 27.9 Å². The van der Waals surface area contributed by atoms with Crippen LogP contribution >= 0.6 is 0 Å². The lowest BCUT2D eigenvalue weighted by atomic mass is 10.8. The molecule has 0 aromatic carbocycles. The van der Waals surface area contributed by atoms with Crippen LogP contribution in [-0.4, -0.2) is 43.3 Å². The van der Waals surface area contributed by atoms with E-state index in [2.05, 4.69) is 0 Å². The molecule has 0 saturated carbocycles. The Bertz CT molecular complexity index is 94.6. The Kier molecular flexibility index (Phi) is 5.70. The van der Waals surface area contributed by atoms with Crippen LogP contribution in [0.25, 0.3) is 0 Å². The van der Waals surface area contributed by atoms with Crippen LogP contribution in [-0.2, 0) is 18.0 Å². The molecule has 0 aliphatic heterocycles. The molecule has 0 amide bonds. The van der Waals surface area contributed by atoms with Gasteiger partial charge >= 0.3 is 8.80 Å². The van der Waals surface area contributed by atoms with Crippen molar-refractivity contribution in [3.05, 3.63) is 0 Å². The standard InChI is InChI=1S/C6H16O4Si/c1-7-5-6-10-11(4,8-2)9-3/h5-6H2,1-4H3. The summed E-state index contributed by atoms with van der Waals surface area (Å²) in [7, 11) is 2.48. The lowest BCUT2D eigenvalue weighted by Crippen LogP contribution is -2.41. The highest BCUT2D eigenvalue weighted by molar-refractivity contribution is 6.59. The minimum Gasteiger partial charge on any atom is -0.382 e. The molecule has 0 unspecified atom stereocenters. The van der Waals surface area contributed by atoms with Crippen molar-refractivity contribution in [2.75, 3.05) is 34.5 Å². The van der Waals surface area contributed by atoms with Crippen LogP contribution in [0.1, 0.15) is 0 Å². The summed E-state index contributed by atoms with van der Waals surface area (Å²) < 4.78 is 20.3. The molecule has 0 bridgehead atoms. The maximum atomic E-state index is 5.34. The van der Waals surface area contributed by atoms with Gasteiger partial charge in [-0.25, -0.2) is 0 Å². The molecule has 0 radical (unpaired) electrons. The molecular formula is C6H16O4Si. The zero-order valence-corrected chi connectivity index (χ0v) is 8.55. The van der Waals surface area contributed by atoms with Crippen molar-refractivity contribution in [3.8, 4) is 0 Å². The van der Waals surface area contributed by atoms with Crippen LogP contribution in [0.15, 0.2) is 0 Å². The Morgan fingerprint density at radius 2 is 1.55 bits per heavy atom. The molecule has 0 fully saturated rings. The first-order valence-electron chi connectivity index (χ1n) is 3.41. The molecule has 0 rings (SSSR count). The highest BCUT2D eigenvalue weighted by Crippen LogP contribution is 2.04. The maximum Gasteiger partial charge on any atom is 0.497 e. The third-order valence-electron chi connectivity index (χ3n) is 1.39. The molecule has 0 N–H and O–H groups in total. The van der Waals surface area contributed by atoms with Gasteiger partial charge in [0.2, 0.25) is 0 Å². The van der Waals surface area contributed by atoms with Gasteiger partial charge in [0.15, 0.2) is 0 Å². The van der Waals surface area contributed by atoms with E-state index in [-0.39, 0.29) is 0 Å². The second kappa shape index (κ2) is 5.67. The molecule has 0 spiro atoms. The Balaban J connectivity index is 3.51. The molecule has 0 aromatic rings. The molecule has 0 saturated heterocycles. The van der Waals surface area contributed by atoms with E-state index in [1.165, 1.54) is 0 Å². The molecule has 4 nitrogen and oxygen atoms in total. The number of rotatable bonds is 6. The third-order valence-corrected chi connectivity index (χ3v) is 3.60. The van der Waals surface area contributed by atoms with Crippen LogP contribution < -0.4 is 0 Å². The fourth-order valence-corrected chi connectivity index (χ4v) is 1.37. The van der Waals surface area contributed by atoms with Gasteiger partial charge in [-0.2, -0.15) is 0 Å². The highest BCUT2D eigenvalue weighted by Gasteiger charge is 2.31. The summed E-state index contributed by atoms with van der Waals surface area (Å²) in [5.41, 5.74) is 0. The van der Waals surface area contributed by atoms with Gasteiger partial charge in [0.05, 0.1) is 13.2 Å². The van der Waals surface area contributed by atoms with Crippen molar-refractivity contribution in [2.45, 2.75) is 6.55 Å². The van der Waals surface area contributed by atoms with Crippen LogP contribution in [0, 0.1) is 0 Å². The van der Waals surface area contributed by atoms with Crippen LogP contribution in [0.4, 0.5) is 0 Å². The average Bonchev–Trinajstić information content (AvgIpc) is 2.05. The van der Waals surface area contributed by atoms with Crippen molar-refractivity contribution in [1.29, 1.82) is 0 Å². The summed E-state index contributed by atoms with van der Waals surface area (Å²) in [6.07, 6.45) is 0. The lowest BCUT2D eigenvalue weighted by molar-refractivity contribution is 0.0712. The normalized spacial score (nSPS) is 12.0. The van der Waals surface area contributed by atoms with E-state index >= 15 is 0 Å². The van der Waals surface area contributed by atoms with Crippen molar-refractivity contribution in [1.82, 2.24) is 0 Å². The molecular weight excluding hydrogens is 164 g/mol. The number of methoxy groups -OCH3 is 1. The molecule has 11 heavy (non-hydrogen) atoms. The molecule has 0 aliphatic rings. The van der Waals surface area contributed by atoms with Gasteiger partial charge in [-0.15, -0.1) is 0 Å². The quantitative estimate of drug-likeness (QED) is 0.441. The summed E-state index contributed by atoms with van der Waals surface area (Å²) in [4.78, 5) is 0. The van der Waals surface area contributed by atoms with Crippen molar-refractivity contribution >= 4 is 8.80 Å². The Morgan fingerprint density at radius 1 is 1.00 bits per heavy atom. The van der Waals surface area contributed by atoms with Crippen LogP contribution in [0.3, 0.4) is 0 Å². The molecule has 0 aromatic heterocycles. The number of ether oxygens (including phenoxy) is 1. The van der Waals surface area contributed by atoms with E-state index in [0.717, 1.165) is 0 Å². The first kappa shape index (κ1) is 11.1. The highest BCUT2D eigenvalue weighted by atomic mass is 28.4. The lowest BCUT2D eigenvalue weighted by Gasteiger charge is -2.21. The van der Waals surface area contributed by atoms with Crippen LogP contribution in [0.2, 0.25) is 6.55 Å². The Hall–Kier alpha value is 0.0569. The molecule has 0 aliphatic carbocycles. The molecule has 0 atom stereocenters. The first-order chi connectivity index (χ1) is 5.18. The van der Waals surface area contributed by atoms with E-state index in [0.29, 0.717) is 13.2 Å². The summed E-state index contributed by atoms with van der Waals surface area (Å²) in [5.74, 6) is 0. The van der Waals surface area contributed by atoms with Crippen molar-refractivity contribution in [2.24, 2.45) is 0 Å². The fourth-order valence-electron chi connectivity index (χ4n) is 0.512. The predicted molar refractivity (Wildman–Crippen MR) is 43.5 cm³/mol. The maximum absolute atomic E-state index is 5.34. The summed E-state index contributed by atoms with van der Waals surface area (Å²) >= 11 is 0. The van der Waals surface area contributed by atoms with E-state index in [9.17, 15) is 0 Å². The number of hydrogen-bond acceptors (Lipinski definition) is 4. The Morgan fingerprint density at radius 3 is 1.91 bits per heavy atom. The van der Waals surface area contributed by atoms with Gasteiger partial charge in [-0.3, -0.25) is 0 Å².